The highest BCUT2D eigenvalue weighted by Gasteiger charge is 2.34. The third-order valence-electron chi connectivity index (χ3n) is 4.64. The van der Waals surface area contributed by atoms with Gasteiger partial charge in [-0.05, 0) is 45.6 Å². The number of Topliss-reactive ketones (excluding diaryl/α,β-unsaturated/α-hetero) is 1. The van der Waals surface area contributed by atoms with E-state index in [1.165, 1.54) is 0 Å². The lowest BCUT2D eigenvalue weighted by molar-refractivity contribution is -0.135. The Hall–Kier alpha value is -0.900. The van der Waals surface area contributed by atoms with Crippen molar-refractivity contribution in [2.75, 3.05) is 19.6 Å². The van der Waals surface area contributed by atoms with Crippen LogP contribution in [0.1, 0.15) is 46.0 Å². The quantitative estimate of drug-likeness (QED) is 0.840. The van der Waals surface area contributed by atoms with Crippen LogP contribution >= 0.6 is 0 Å². The van der Waals surface area contributed by atoms with Gasteiger partial charge in [-0.2, -0.15) is 0 Å². The fraction of sp³-hybridized carbons (Fsp3) is 0.867. The third kappa shape index (κ3) is 3.56. The Labute approximate surface area is 115 Å². The first-order valence-corrected chi connectivity index (χ1v) is 7.64. The van der Waals surface area contributed by atoms with Crippen LogP contribution in [0.5, 0.6) is 0 Å². The molecule has 0 bridgehead atoms. The second-order valence-corrected chi connectivity index (χ2v) is 5.99. The summed E-state index contributed by atoms with van der Waals surface area (Å²) in [6.07, 6.45) is 5.06. The highest BCUT2D eigenvalue weighted by atomic mass is 16.2. The summed E-state index contributed by atoms with van der Waals surface area (Å²) < 4.78 is 0. The van der Waals surface area contributed by atoms with Gasteiger partial charge in [0.1, 0.15) is 5.78 Å². The number of nitrogens with one attached hydrogen (secondary N) is 1. The molecule has 0 aromatic heterocycles. The summed E-state index contributed by atoms with van der Waals surface area (Å²) in [5, 5.41) is 3.47. The molecule has 0 radical (unpaired) electrons. The minimum atomic E-state index is 0.0852. The second kappa shape index (κ2) is 6.51. The molecule has 1 heterocycles. The molecule has 1 saturated heterocycles. The van der Waals surface area contributed by atoms with E-state index in [4.69, 9.17) is 0 Å². The Bertz CT molecular complexity index is 335. The SMILES string of the molecule is CCN[C@H]1CC[C@H](C(=O)N2CC[C@@H](C(C)=O)C2)CC1. The maximum Gasteiger partial charge on any atom is 0.225 e. The van der Waals surface area contributed by atoms with Crippen LogP contribution in [-0.2, 0) is 9.59 Å². The van der Waals surface area contributed by atoms with Crippen molar-refractivity contribution in [3.05, 3.63) is 0 Å². The van der Waals surface area contributed by atoms with Crippen LogP contribution in [0.25, 0.3) is 0 Å². The van der Waals surface area contributed by atoms with E-state index >= 15 is 0 Å². The minimum absolute atomic E-state index is 0.0852. The van der Waals surface area contributed by atoms with Crippen molar-refractivity contribution in [3.63, 3.8) is 0 Å². The van der Waals surface area contributed by atoms with Crippen molar-refractivity contribution < 1.29 is 9.59 Å². The molecule has 4 nitrogen and oxygen atoms in total. The van der Waals surface area contributed by atoms with E-state index in [-0.39, 0.29) is 17.6 Å². The lowest BCUT2D eigenvalue weighted by Gasteiger charge is -2.30. The van der Waals surface area contributed by atoms with Crippen LogP contribution in [0.2, 0.25) is 0 Å². The molecule has 0 spiro atoms. The molecule has 1 atom stereocenters. The predicted octanol–water partition coefficient (Wildman–Crippen LogP) is 1.59. The van der Waals surface area contributed by atoms with Crippen LogP contribution in [0, 0.1) is 11.8 Å². The van der Waals surface area contributed by atoms with E-state index in [1.54, 1.807) is 6.92 Å². The molecule has 0 aromatic rings. The third-order valence-corrected chi connectivity index (χ3v) is 4.64. The number of amides is 1. The first-order valence-electron chi connectivity index (χ1n) is 7.64. The fourth-order valence-electron chi connectivity index (χ4n) is 3.38. The highest BCUT2D eigenvalue weighted by Crippen LogP contribution is 2.28. The molecule has 108 valence electrons. The summed E-state index contributed by atoms with van der Waals surface area (Å²) in [4.78, 5) is 25.7. The molecule has 2 rings (SSSR count). The van der Waals surface area contributed by atoms with Gasteiger partial charge >= 0.3 is 0 Å². The molecule has 0 aromatic carbocycles. The summed E-state index contributed by atoms with van der Waals surface area (Å²) in [5.41, 5.74) is 0. The van der Waals surface area contributed by atoms with Crippen molar-refractivity contribution in [2.45, 2.75) is 52.0 Å². The van der Waals surface area contributed by atoms with Gasteiger partial charge in [0.25, 0.3) is 0 Å². The molecule has 2 fully saturated rings. The lowest BCUT2D eigenvalue weighted by Crippen LogP contribution is -2.40. The standard InChI is InChI=1S/C15H26N2O2/c1-3-16-14-6-4-12(5-7-14)15(19)17-9-8-13(10-17)11(2)18/h12-14,16H,3-10H2,1-2H3/t12-,13-,14-/m1/s1. The average molecular weight is 266 g/mol. The monoisotopic (exact) mass is 266 g/mol. The van der Waals surface area contributed by atoms with Gasteiger partial charge in [-0.3, -0.25) is 9.59 Å². The summed E-state index contributed by atoms with van der Waals surface area (Å²) >= 11 is 0. The summed E-state index contributed by atoms with van der Waals surface area (Å²) in [6, 6.07) is 0.595. The zero-order valence-corrected chi connectivity index (χ0v) is 12.2. The Morgan fingerprint density at radius 3 is 2.32 bits per heavy atom. The Kier molecular flexibility index (Phi) is 4.97. The van der Waals surface area contributed by atoms with Gasteiger partial charge in [0, 0.05) is 31.0 Å². The number of nitrogens with zero attached hydrogens (tertiary/aromatic N) is 1. The highest BCUT2D eigenvalue weighted by molar-refractivity contribution is 5.83. The van der Waals surface area contributed by atoms with Crippen LogP contribution < -0.4 is 5.32 Å². The molecule has 1 saturated carbocycles. The van der Waals surface area contributed by atoms with Gasteiger partial charge in [-0.25, -0.2) is 0 Å². The van der Waals surface area contributed by atoms with Crippen LogP contribution in [0.4, 0.5) is 0 Å². The van der Waals surface area contributed by atoms with Crippen molar-refractivity contribution in [2.24, 2.45) is 11.8 Å². The molecule has 1 aliphatic carbocycles. The molecule has 2 aliphatic rings. The number of carbonyl (C=O) groups excluding carboxylic acids is 2. The van der Waals surface area contributed by atoms with E-state index < -0.39 is 0 Å². The average Bonchev–Trinajstić information content (AvgIpc) is 2.89. The molecule has 1 amide bonds. The summed E-state index contributed by atoms with van der Waals surface area (Å²) in [6.45, 7) is 6.21. The first kappa shape index (κ1) is 14.5. The van der Waals surface area contributed by atoms with Crippen molar-refractivity contribution in [1.29, 1.82) is 0 Å². The Balaban J connectivity index is 1.80. The van der Waals surface area contributed by atoms with E-state index in [0.717, 1.165) is 45.2 Å². The number of rotatable bonds is 4. The zero-order valence-electron chi connectivity index (χ0n) is 12.2. The van der Waals surface area contributed by atoms with E-state index in [1.807, 2.05) is 4.90 Å². The fourth-order valence-corrected chi connectivity index (χ4v) is 3.38. The van der Waals surface area contributed by atoms with Crippen LogP contribution in [0.3, 0.4) is 0 Å². The Morgan fingerprint density at radius 2 is 1.79 bits per heavy atom. The number of likely N-dealkylation sites (tertiary alicyclic amines) is 1. The minimum Gasteiger partial charge on any atom is -0.342 e. The second-order valence-electron chi connectivity index (χ2n) is 5.99. The van der Waals surface area contributed by atoms with Crippen LogP contribution in [-0.4, -0.2) is 42.3 Å². The molecular formula is C15H26N2O2. The number of carbonyl (C=O) groups is 2. The van der Waals surface area contributed by atoms with E-state index in [0.29, 0.717) is 18.5 Å². The first-order chi connectivity index (χ1) is 9.11. The summed E-state index contributed by atoms with van der Waals surface area (Å²) in [5.74, 6) is 0.799. The number of ketones is 1. The van der Waals surface area contributed by atoms with Gasteiger partial charge in [0.15, 0.2) is 0 Å². The van der Waals surface area contributed by atoms with Gasteiger partial charge in [-0.1, -0.05) is 6.92 Å². The molecule has 1 N–H and O–H groups in total. The van der Waals surface area contributed by atoms with Gasteiger partial charge in [0.2, 0.25) is 5.91 Å². The largest absolute Gasteiger partial charge is 0.342 e. The van der Waals surface area contributed by atoms with Gasteiger partial charge in [0.05, 0.1) is 0 Å². The van der Waals surface area contributed by atoms with Crippen molar-refractivity contribution >= 4 is 11.7 Å². The lowest BCUT2D eigenvalue weighted by atomic mass is 9.85. The number of hydrogen-bond acceptors (Lipinski definition) is 3. The zero-order chi connectivity index (χ0) is 13.8. The molecule has 19 heavy (non-hydrogen) atoms. The molecule has 4 heteroatoms. The maximum absolute atomic E-state index is 12.4. The number of hydrogen-bond donors (Lipinski definition) is 1. The van der Waals surface area contributed by atoms with Crippen molar-refractivity contribution in [1.82, 2.24) is 10.2 Å². The Morgan fingerprint density at radius 1 is 1.11 bits per heavy atom. The molecular weight excluding hydrogens is 240 g/mol. The molecule has 0 unspecified atom stereocenters. The normalized spacial score (nSPS) is 31.5. The smallest absolute Gasteiger partial charge is 0.225 e. The van der Waals surface area contributed by atoms with Crippen LogP contribution in [0.15, 0.2) is 0 Å². The van der Waals surface area contributed by atoms with E-state index in [9.17, 15) is 9.59 Å². The van der Waals surface area contributed by atoms with Gasteiger partial charge < -0.3 is 10.2 Å². The molecule has 1 aliphatic heterocycles. The maximum atomic E-state index is 12.4. The topological polar surface area (TPSA) is 49.4 Å². The summed E-state index contributed by atoms with van der Waals surface area (Å²) in [7, 11) is 0. The van der Waals surface area contributed by atoms with Gasteiger partial charge in [-0.15, -0.1) is 0 Å². The van der Waals surface area contributed by atoms with E-state index in [2.05, 4.69) is 12.2 Å². The predicted molar refractivity (Wildman–Crippen MR) is 74.8 cm³/mol. The van der Waals surface area contributed by atoms with Crippen molar-refractivity contribution in [3.8, 4) is 0 Å².